The maximum absolute atomic E-state index is 12.0. The van der Waals surface area contributed by atoms with Crippen LogP contribution in [0.15, 0.2) is 29.3 Å². The molecular formula is C17H26N4O. The Hall–Kier alpha value is -2.04. The normalized spacial score (nSPS) is 16.0. The lowest BCUT2D eigenvalue weighted by molar-refractivity contribution is 0.0939. The largest absolute Gasteiger partial charge is 0.354 e. The molecule has 0 radical (unpaired) electrons. The van der Waals surface area contributed by atoms with Crippen molar-refractivity contribution in [2.75, 3.05) is 7.05 Å². The number of carbonyl (C=O) groups is 1. The molecule has 0 aromatic heterocycles. The molecular weight excluding hydrogens is 276 g/mol. The van der Waals surface area contributed by atoms with Crippen molar-refractivity contribution in [1.29, 1.82) is 0 Å². The van der Waals surface area contributed by atoms with Crippen LogP contribution in [0, 0.1) is 0 Å². The Labute approximate surface area is 132 Å². The van der Waals surface area contributed by atoms with Gasteiger partial charge in [-0.25, -0.2) is 0 Å². The van der Waals surface area contributed by atoms with Crippen molar-refractivity contribution in [1.82, 2.24) is 16.0 Å². The van der Waals surface area contributed by atoms with E-state index in [1.807, 2.05) is 31.2 Å². The van der Waals surface area contributed by atoms with Crippen LogP contribution in [0.5, 0.6) is 0 Å². The molecule has 0 saturated heterocycles. The highest BCUT2D eigenvalue weighted by Crippen LogP contribution is 2.18. The number of rotatable bonds is 6. The highest BCUT2D eigenvalue weighted by Gasteiger charge is 2.21. The summed E-state index contributed by atoms with van der Waals surface area (Å²) in [7, 11) is 1.78. The van der Waals surface area contributed by atoms with Crippen molar-refractivity contribution in [3.63, 3.8) is 0 Å². The van der Waals surface area contributed by atoms with Gasteiger partial charge in [-0.1, -0.05) is 19.1 Å². The molecule has 5 nitrogen and oxygen atoms in total. The first-order chi connectivity index (χ1) is 10.6. The third-order valence-electron chi connectivity index (χ3n) is 3.81. The fourth-order valence-electron chi connectivity index (χ4n) is 1.98. The molecule has 0 heterocycles. The molecule has 0 aliphatic heterocycles. The SMILES string of the molecule is CCC(C)NC(=O)c1ccc(CNC(=NC)NC2CC2)cc1. The monoisotopic (exact) mass is 302 g/mol. The Morgan fingerprint density at radius 3 is 2.55 bits per heavy atom. The van der Waals surface area contributed by atoms with E-state index in [1.54, 1.807) is 7.05 Å². The van der Waals surface area contributed by atoms with Crippen molar-refractivity contribution in [3.05, 3.63) is 35.4 Å². The lowest BCUT2D eigenvalue weighted by atomic mass is 10.1. The number of hydrogen-bond donors (Lipinski definition) is 3. The van der Waals surface area contributed by atoms with E-state index in [1.165, 1.54) is 12.8 Å². The number of carbonyl (C=O) groups excluding carboxylic acids is 1. The van der Waals surface area contributed by atoms with Gasteiger partial charge in [-0.3, -0.25) is 9.79 Å². The summed E-state index contributed by atoms with van der Waals surface area (Å²) < 4.78 is 0. The molecule has 0 bridgehead atoms. The summed E-state index contributed by atoms with van der Waals surface area (Å²) in [6.45, 7) is 4.76. The van der Waals surface area contributed by atoms with Gasteiger partial charge in [-0.05, 0) is 43.9 Å². The average Bonchev–Trinajstić information content (AvgIpc) is 3.35. The van der Waals surface area contributed by atoms with E-state index in [0.29, 0.717) is 18.2 Å². The zero-order valence-electron chi connectivity index (χ0n) is 13.6. The Balaban J connectivity index is 1.84. The van der Waals surface area contributed by atoms with Gasteiger partial charge < -0.3 is 16.0 Å². The van der Waals surface area contributed by atoms with Gasteiger partial charge in [-0.2, -0.15) is 0 Å². The number of benzene rings is 1. The summed E-state index contributed by atoms with van der Waals surface area (Å²) >= 11 is 0. The van der Waals surface area contributed by atoms with E-state index >= 15 is 0 Å². The van der Waals surface area contributed by atoms with Crippen LogP contribution in [0.25, 0.3) is 0 Å². The highest BCUT2D eigenvalue weighted by molar-refractivity contribution is 5.94. The van der Waals surface area contributed by atoms with E-state index in [4.69, 9.17) is 0 Å². The van der Waals surface area contributed by atoms with Crippen LogP contribution in [0.3, 0.4) is 0 Å². The van der Waals surface area contributed by atoms with Gasteiger partial charge in [0, 0.05) is 31.2 Å². The zero-order chi connectivity index (χ0) is 15.9. The summed E-state index contributed by atoms with van der Waals surface area (Å²) in [5.74, 6) is 0.821. The van der Waals surface area contributed by atoms with Gasteiger partial charge >= 0.3 is 0 Å². The van der Waals surface area contributed by atoms with Gasteiger partial charge in [0.15, 0.2) is 5.96 Å². The van der Waals surface area contributed by atoms with Crippen LogP contribution < -0.4 is 16.0 Å². The van der Waals surface area contributed by atoms with E-state index in [2.05, 4.69) is 27.9 Å². The van der Waals surface area contributed by atoms with Gasteiger partial charge in [0.2, 0.25) is 0 Å². The predicted molar refractivity (Wildman–Crippen MR) is 90.0 cm³/mol. The van der Waals surface area contributed by atoms with Crippen LogP contribution in [-0.2, 0) is 6.54 Å². The molecule has 1 unspecified atom stereocenters. The lowest BCUT2D eigenvalue weighted by Crippen LogP contribution is -2.38. The second-order valence-electron chi connectivity index (χ2n) is 5.82. The first-order valence-electron chi connectivity index (χ1n) is 7.99. The second kappa shape index (κ2) is 7.82. The number of nitrogens with zero attached hydrogens (tertiary/aromatic N) is 1. The Morgan fingerprint density at radius 1 is 1.32 bits per heavy atom. The minimum atomic E-state index is -0.0138. The van der Waals surface area contributed by atoms with Crippen LogP contribution in [0.1, 0.15) is 49.0 Å². The Bertz CT molecular complexity index is 520. The fraction of sp³-hybridized carbons (Fsp3) is 0.529. The molecule has 22 heavy (non-hydrogen) atoms. The maximum Gasteiger partial charge on any atom is 0.251 e. The topological polar surface area (TPSA) is 65.5 Å². The predicted octanol–water partition coefficient (Wildman–Crippen LogP) is 2.04. The summed E-state index contributed by atoms with van der Waals surface area (Å²) in [4.78, 5) is 16.2. The number of amides is 1. The number of aliphatic imine (C=N–C) groups is 1. The van der Waals surface area contributed by atoms with Gasteiger partial charge in [0.25, 0.3) is 5.91 Å². The van der Waals surface area contributed by atoms with Gasteiger partial charge in [-0.15, -0.1) is 0 Å². The van der Waals surface area contributed by atoms with E-state index in [9.17, 15) is 4.79 Å². The molecule has 1 atom stereocenters. The molecule has 1 saturated carbocycles. The summed E-state index contributed by atoms with van der Waals surface area (Å²) in [6.07, 6.45) is 3.38. The lowest BCUT2D eigenvalue weighted by Gasteiger charge is -2.13. The molecule has 3 N–H and O–H groups in total. The molecule has 1 aromatic rings. The van der Waals surface area contributed by atoms with Crippen molar-refractivity contribution >= 4 is 11.9 Å². The Kier molecular flexibility index (Phi) is 5.81. The summed E-state index contributed by atoms with van der Waals surface area (Å²) in [5.41, 5.74) is 1.82. The summed E-state index contributed by atoms with van der Waals surface area (Å²) in [5, 5.41) is 9.60. The quantitative estimate of drug-likeness (QED) is 0.556. The third-order valence-corrected chi connectivity index (χ3v) is 3.81. The molecule has 1 aromatic carbocycles. The molecule has 1 aliphatic carbocycles. The smallest absolute Gasteiger partial charge is 0.251 e. The Morgan fingerprint density at radius 2 is 2.00 bits per heavy atom. The van der Waals surface area contributed by atoms with Crippen LogP contribution in [0.4, 0.5) is 0 Å². The average molecular weight is 302 g/mol. The van der Waals surface area contributed by atoms with Crippen molar-refractivity contribution in [3.8, 4) is 0 Å². The number of guanidine groups is 1. The number of nitrogens with one attached hydrogen (secondary N) is 3. The van der Waals surface area contributed by atoms with E-state index < -0.39 is 0 Å². The van der Waals surface area contributed by atoms with Crippen molar-refractivity contribution < 1.29 is 4.79 Å². The van der Waals surface area contributed by atoms with Crippen molar-refractivity contribution in [2.24, 2.45) is 4.99 Å². The molecule has 5 heteroatoms. The standard InChI is InChI=1S/C17H26N4O/c1-4-12(2)20-16(22)14-7-5-13(6-8-14)11-19-17(18-3)21-15-9-10-15/h5-8,12,15H,4,9-11H2,1-3H3,(H,20,22)(H2,18,19,21). The van der Waals surface area contributed by atoms with E-state index in [0.717, 1.165) is 17.9 Å². The first-order valence-corrected chi connectivity index (χ1v) is 7.99. The third kappa shape index (κ3) is 5.06. The van der Waals surface area contributed by atoms with Crippen LogP contribution in [-0.4, -0.2) is 31.0 Å². The van der Waals surface area contributed by atoms with Crippen LogP contribution in [0.2, 0.25) is 0 Å². The zero-order valence-corrected chi connectivity index (χ0v) is 13.6. The van der Waals surface area contributed by atoms with Gasteiger partial charge in [0.05, 0.1) is 0 Å². The van der Waals surface area contributed by atoms with Crippen molar-refractivity contribution in [2.45, 2.75) is 51.7 Å². The molecule has 2 rings (SSSR count). The highest BCUT2D eigenvalue weighted by atomic mass is 16.1. The maximum atomic E-state index is 12.0. The molecule has 1 amide bonds. The minimum Gasteiger partial charge on any atom is -0.354 e. The minimum absolute atomic E-state index is 0.0138. The second-order valence-corrected chi connectivity index (χ2v) is 5.82. The fourth-order valence-corrected chi connectivity index (χ4v) is 1.98. The molecule has 1 aliphatic rings. The molecule has 1 fully saturated rings. The number of hydrogen-bond acceptors (Lipinski definition) is 2. The first kappa shape index (κ1) is 16.3. The summed E-state index contributed by atoms with van der Waals surface area (Å²) in [6, 6.07) is 8.47. The van der Waals surface area contributed by atoms with Gasteiger partial charge in [0.1, 0.15) is 0 Å². The molecule has 120 valence electrons. The van der Waals surface area contributed by atoms with Crippen LogP contribution >= 0.6 is 0 Å². The molecule has 0 spiro atoms. The van der Waals surface area contributed by atoms with E-state index in [-0.39, 0.29) is 11.9 Å².